The smallest absolute Gasteiger partial charge is 0.238 e. The maximum absolute atomic E-state index is 6.47. The Kier molecular flexibility index (Phi) is 12.7. The highest BCUT2D eigenvalue weighted by Crippen LogP contribution is 2.44. The van der Waals surface area contributed by atoms with Crippen LogP contribution < -0.4 is 0 Å². The molecular weight excluding hydrogens is 1250 g/mol. The van der Waals surface area contributed by atoms with E-state index in [-0.39, 0.29) is 0 Å². The van der Waals surface area contributed by atoms with Gasteiger partial charge in [0.25, 0.3) is 0 Å². The largest absolute Gasteiger partial charge is 0.456 e. The standard InChI is InChI=1S/2C45H27N5O/c1-3-14-28(15-4-1)43-46-44(34-22-13-21-33-32-20-9-12-25-41(32)51-42(33)34)48-45(47-43)50-38-24-11-8-19-31(38)36-26-39-35(27-40(36)50)30-18-7-10-23-37(30)49(39)29-16-5-2-6-17-29;1-3-13-28(14-4-1)43-46-44(29-23-24-34-33-19-9-12-22-41(33)51-42(34)25-29)48-45(47-43)50-38-21-11-8-18-32(38)36-26-39-35(27-40(36)50)31-17-7-10-20-37(31)49(39)30-15-5-2-6-16-30/h2*1-27H. The first-order chi connectivity index (χ1) is 50.6. The topological polar surface area (TPSA) is 123 Å². The SMILES string of the molecule is c1ccc(-c2nc(-c3ccc4c(c3)oc3ccccc34)nc(-n3c4ccccc4c4cc5c(cc43)c3ccccc3n5-c3ccccc3)n2)cc1.c1ccc(-c2nc(-c3cccc4c3oc3ccccc34)nc(-n3c4ccccc4c4cc5c(cc43)c3ccccc3n5-c3ccccc3)n2)cc1. The number of fused-ring (bicyclic) bond motifs is 18. The van der Waals surface area contributed by atoms with Crippen molar-refractivity contribution in [3.05, 3.63) is 328 Å². The van der Waals surface area contributed by atoms with Crippen molar-refractivity contribution < 1.29 is 8.83 Å². The van der Waals surface area contributed by atoms with Gasteiger partial charge in [-0.1, -0.05) is 224 Å². The summed E-state index contributed by atoms with van der Waals surface area (Å²) >= 11 is 0. The Morgan fingerprint density at radius 3 is 1.02 bits per heavy atom. The van der Waals surface area contributed by atoms with Gasteiger partial charge in [0.05, 0.1) is 49.7 Å². The van der Waals surface area contributed by atoms with Crippen LogP contribution in [-0.2, 0) is 0 Å². The maximum Gasteiger partial charge on any atom is 0.238 e. The van der Waals surface area contributed by atoms with Crippen LogP contribution in [0.1, 0.15) is 0 Å². The average Bonchev–Trinajstić information content (AvgIpc) is 1.56. The Morgan fingerprint density at radius 2 is 0.539 bits per heavy atom. The third-order valence-electron chi connectivity index (χ3n) is 20.0. The highest BCUT2D eigenvalue weighted by atomic mass is 16.3. The lowest BCUT2D eigenvalue weighted by atomic mass is 10.1. The molecule has 0 aliphatic rings. The molecule has 0 radical (unpaired) electrons. The molecular formula is C90H54N10O2. The molecule has 0 unspecified atom stereocenters. The summed E-state index contributed by atoms with van der Waals surface area (Å²) in [6, 6.07) is 114. The lowest BCUT2D eigenvalue weighted by Crippen LogP contribution is -2.06. The third kappa shape index (κ3) is 8.96. The highest BCUT2D eigenvalue weighted by Gasteiger charge is 2.25. The van der Waals surface area contributed by atoms with Gasteiger partial charge in [0.15, 0.2) is 23.3 Å². The van der Waals surface area contributed by atoms with Gasteiger partial charge in [-0.2, -0.15) is 19.9 Å². The Bertz CT molecular complexity index is 7130. The molecule has 0 saturated heterocycles. The number of rotatable bonds is 8. The molecule has 0 aliphatic carbocycles. The number of aromatic nitrogens is 10. The summed E-state index contributed by atoms with van der Waals surface area (Å²) in [4.78, 5) is 31.0. The minimum Gasteiger partial charge on any atom is -0.456 e. The molecule has 102 heavy (non-hydrogen) atoms. The summed E-state index contributed by atoms with van der Waals surface area (Å²) in [5.74, 6) is 3.43. The van der Waals surface area contributed by atoms with Crippen molar-refractivity contribution in [2.24, 2.45) is 0 Å². The van der Waals surface area contributed by atoms with Gasteiger partial charge in [0.1, 0.15) is 22.3 Å². The van der Waals surface area contributed by atoms with E-state index in [0.717, 1.165) is 149 Å². The Balaban J connectivity index is 0.000000133. The van der Waals surface area contributed by atoms with Gasteiger partial charge in [0.2, 0.25) is 11.9 Å². The first-order valence-corrected chi connectivity index (χ1v) is 34.1. The molecule has 0 fully saturated rings. The van der Waals surface area contributed by atoms with Gasteiger partial charge >= 0.3 is 0 Å². The molecule has 0 N–H and O–H groups in total. The van der Waals surface area contributed by atoms with E-state index in [1.54, 1.807) is 0 Å². The Hall–Kier alpha value is -14.1. The van der Waals surface area contributed by atoms with Crippen LogP contribution >= 0.6 is 0 Å². The molecule has 12 heteroatoms. The predicted molar refractivity (Wildman–Crippen MR) is 413 cm³/mol. The average molecular weight is 1310 g/mol. The van der Waals surface area contributed by atoms with Gasteiger partial charge in [-0.3, -0.25) is 9.13 Å². The van der Waals surface area contributed by atoms with Crippen molar-refractivity contribution >= 4 is 131 Å². The van der Waals surface area contributed by atoms with Gasteiger partial charge in [-0.05, 0) is 103 Å². The molecule has 0 bridgehead atoms. The van der Waals surface area contributed by atoms with Crippen LogP contribution in [0.4, 0.5) is 0 Å². The molecule has 8 heterocycles. The lowest BCUT2D eigenvalue weighted by Gasteiger charge is -2.11. The van der Waals surface area contributed by atoms with Gasteiger partial charge < -0.3 is 18.0 Å². The zero-order chi connectivity index (χ0) is 66.9. The molecule has 0 amide bonds. The number of hydrogen-bond donors (Lipinski definition) is 0. The number of hydrogen-bond acceptors (Lipinski definition) is 8. The summed E-state index contributed by atoms with van der Waals surface area (Å²) in [6.45, 7) is 0. The molecule has 0 aliphatic heterocycles. The van der Waals surface area contributed by atoms with Crippen LogP contribution in [0.5, 0.6) is 0 Å². The molecule has 22 aromatic rings. The van der Waals surface area contributed by atoms with E-state index >= 15 is 0 Å². The maximum atomic E-state index is 6.47. The van der Waals surface area contributed by atoms with Gasteiger partial charge in [0, 0.05) is 92.7 Å². The van der Waals surface area contributed by atoms with Crippen molar-refractivity contribution in [3.63, 3.8) is 0 Å². The summed E-state index contributed by atoms with van der Waals surface area (Å²) < 4.78 is 21.9. The molecule has 476 valence electrons. The van der Waals surface area contributed by atoms with Crippen LogP contribution in [0, 0.1) is 0 Å². The normalized spacial score (nSPS) is 11.9. The first-order valence-electron chi connectivity index (χ1n) is 34.1. The zero-order valence-electron chi connectivity index (χ0n) is 54.5. The first kappa shape index (κ1) is 57.0. The van der Waals surface area contributed by atoms with E-state index in [0.29, 0.717) is 35.2 Å². The van der Waals surface area contributed by atoms with E-state index in [1.807, 2.05) is 115 Å². The van der Waals surface area contributed by atoms with E-state index in [1.165, 1.54) is 16.2 Å². The van der Waals surface area contributed by atoms with Crippen molar-refractivity contribution in [2.75, 3.05) is 0 Å². The van der Waals surface area contributed by atoms with Crippen molar-refractivity contribution in [1.29, 1.82) is 0 Å². The van der Waals surface area contributed by atoms with Crippen molar-refractivity contribution in [1.82, 2.24) is 48.2 Å². The fourth-order valence-corrected chi connectivity index (χ4v) is 15.4. The number of nitrogens with zero attached hydrogens (tertiary/aromatic N) is 10. The predicted octanol–water partition coefficient (Wildman–Crippen LogP) is 22.6. The quantitative estimate of drug-likeness (QED) is 0.147. The Morgan fingerprint density at radius 1 is 0.196 bits per heavy atom. The molecule has 12 nitrogen and oxygen atoms in total. The minimum absolute atomic E-state index is 0.546. The van der Waals surface area contributed by atoms with E-state index in [4.69, 9.17) is 38.7 Å². The van der Waals surface area contributed by atoms with Crippen LogP contribution in [-0.4, -0.2) is 48.2 Å². The molecule has 8 aromatic heterocycles. The number of benzene rings is 14. The highest BCUT2D eigenvalue weighted by molar-refractivity contribution is 6.21. The monoisotopic (exact) mass is 1310 g/mol. The third-order valence-corrected chi connectivity index (χ3v) is 20.0. The number of furan rings is 2. The summed E-state index contributed by atoms with van der Waals surface area (Å²) in [7, 11) is 0. The van der Waals surface area contributed by atoms with Crippen molar-refractivity contribution in [2.45, 2.75) is 0 Å². The van der Waals surface area contributed by atoms with Crippen LogP contribution in [0.15, 0.2) is 336 Å². The van der Waals surface area contributed by atoms with Crippen LogP contribution in [0.3, 0.4) is 0 Å². The van der Waals surface area contributed by atoms with Crippen LogP contribution in [0.2, 0.25) is 0 Å². The van der Waals surface area contributed by atoms with E-state index in [9.17, 15) is 0 Å². The Labute approximate surface area is 581 Å². The zero-order valence-corrected chi connectivity index (χ0v) is 54.5. The van der Waals surface area contributed by atoms with Gasteiger partial charge in [-0.15, -0.1) is 0 Å². The molecule has 14 aromatic carbocycles. The molecule has 0 spiro atoms. The fraction of sp³-hybridized carbons (Fsp3) is 0. The minimum atomic E-state index is 0.546. The second kappa shape index (κ2) is 22.7. The summed E-state index contributed by atoms with van der Waals surface area (Å²) in [5.41, 5.74) is 17.7. The second-order valence-electron chi connectivity index (χ2n) is 25.7. The molecule has 0 atom stereocenters. The van der Waals surface area contributed by atoms with Gasteiger partial charge in [-0.25, -0.2) is 9.97 Å². The van der Waals surface area contributed by atoms with Crippen molar-refractivity contribution in [3.8, 4) is 68.8 Å². The lowest BCUT2D eigenvalue weighted by molar-refractivity contribution is 0.669. The fourth-order valence-electron chi connectivity index (χ4n) is 15.4. The van der Waals surface area contributed by atoms with E-state index < -0.39 is 0 Å². The summed E-state index contributed by atoms with van der Waals surface area (Å²) in [6.07, 6.45) is 0. The van der Waals surface area contributed by atoms with E-state index in [2.05, 4.69) is 231 Å². The second-order valence-corrected chi connectivity index (χ2v) is 25.7. The number of para-hydroxylation sites is 9. The summed E-state index contributed by atoms with van der Waals surface area (Å²) in [5, 5.41) is 13.5. The molecule has 22 rings (SSSR count). The van der Waals surface area contributed by atoms with Crippen LogP contribution in [0.25, 0.3) is 200 Å². The molecule has 0 saturated carbocycles.